The summed E-state index contributed by atoms with van der Waals surface area (Å²) in [6.07, 6.45) is -0.237. The topological polar surface area (TPSA) is 50.8 Å². The Balaban J connectivity index is 1.60. The Labute approximate surface area is 159 Å². The molecule has 3 rings (SSSR count). The number of amides is 2. The minimum atomic E-state index is -0.292. The smallest absolute Gasteiger partial charge is 0.317 e. The van der Waals surface area contributed by atoms with Gasteiger partial charge in [-0.05, 0) is 35.7 Å². The Hall–Kier alpha value is -2.76. The number of likely N-dealkylation sites (N-methyl/N-ethyl adjacent to an activating group) is 1. The lowest BCUT2D eigenvalue weighted by Crippen LogP contribution is -2.47. The second-order valence-electron chi connectivity index (χ2n) is 7.10. The van der Waals surface area contributed by atoms with Gasteiger partial charge in [0, 0.05) is 7.05 Å². The number of nitrogens with zero attached hydrogens (tertiary/aromatic N) is 1. The Kier molecular flexibility index (Phi) is 5.84. The monoisotopic (exact) mass is 372 g/mol. The lowest BCUT2D eigenvalue weighted by atomic mass is 9.96. The maximum absolute atomic E-state index is 13.2. The average Bonchev–Trinajstić information content (AvgIpc) is 2.66. The summed E-state index contributed by atoms with van der Waals surface area (Å²) in [5.41, 5.74) is 0.874. The number of rotatable bonds is 5. The molecule has 0 saturated heterocycles. The molecule has 5 nitrogen and oxygen atoms in total. The first kappa shape index (κ1) is 19.0. The zero-order valence-electron chi connectivity index (χ0n) is 15.8. The van der Waals surface area contributed by atoms with E-state index in [1.165, 1.54) is 12.1 Å². The summed E-state index contributed by atoms with van der Waals surface area (Å²) in [5, 5.41) is 3.03. The van der Waals surface area contributed by atoms with Crippen molar-refractivity contribution in [2.24, 2.45) is 5.92 Å². The Bertz CT molecular complexity index is 779. The highest BCUT2D eigenvalue weighted by atomic mass is 19.1. The number of urea groups is 1. The molecule has 2 amide bonds. The summed E-state index contributed by atoms with van der Waals surface area (Å²) in [6, 6.07) is 13.3. The molecule has 0 aliphatic carbocycles. The molecule has 1 heterocycles. The predicted octanol–water partition coefficient (Wildman–Crippen LogP) is 4.00. The zero-order chi connectivity index (χ0) is 19.4. The van der Waals surface area contributed by atoms with Gasteiger partial charge in [0.15, 0.2) is 17.6 Å². The second-order valence-corrected chi connectivity index (χ2v) is 7.10. The van der Waals surface area contributed by atoms with Crippen molar-refractivity contribution < 1.29 is 18.7 Å². The molecule has 0 fully saturated rings. The first-order valence-electron chi connectivity index (χ1n) is 9.09. The Morgan fingerprint density at radius 2 is 1.85 bits per heavy atom. The number of nitrogens with one attached hydrogen (secondary N) is 1. The number of carbonyl (C=O) groups is 1. The van der Waals surface area contributed by atoms with Crippen LogP contribution in [-0.4, -0.2) is 37.2 Å². The summed E-state index contributed by atoms with van der Waals surface area (Å²) in [4.78, 5) is 14.2. The fourth-order valence-corrected chi connectivity index (χ4v) is 3.09. The number of ether oxygens (including phenoxy) is 2. The van der Waals surface area contributed by atoms with Gasteiger partial charge < -0.3 is 19.7 Å². The maximum Gasteiger partial charge on any atom is 0.317 e. The van der Waals surface area contributed by atoms with Crippen molar-refractivity contribution in [1.29, 1.82) is 0 Å². The highest BCUT2D eigenvalue weighted by Gasteiger charge is 2.25. The first-order chi connectivity index (χ1) is 12.9. The van der Waals surface area contributed by atoms with Crippen LogP contribution >= 0.6 is 0 Å². The molecule has 144 valence electrons. The molecular weight excluding hydrogens is 347 g/mol. The maximum atomic E-state index is 13.2. The van der Waals surface area contributed by atoms with Crippen molar-refractivity contribution in [3.63, 3.8) is 0 Å². The second kappa shape index (κ2) is 8.29. The number of hydrogen-bond acceptors (Lipinski definition) is 3. The van der Waals surface area contributed by atoms with Gasteiger partial charge in [-0.25, -0.2) is 9.18 Å². The van der Waals surface area contributed by atoms with E-state index in [0.717, 1.165) is 11.3 Å². The summed E-state index contributed by atoms with van der Waals surface area (Å²) >= 11 is 0. The van der Waals surface area contributed by atoms with E-state index in [2.05, 4.69) is 5.32 Å². The standard InChI is InChI=1S/C21H25FN2O3/c1-14(2)20(15-8-10-16(22)11-9-15)23-21(25)24(3)12-17-13-26-18-6-4-5-7-19(18)27-17/h4-11,14,17,20H,12-13H2,1-3H3,(H,23,25)/t17-,20-/m1/s1. The largest absolute Gasteiger partial charge is 0.486 e. The van der Waals surface area contributed by atoms with Crippen LogP contribution < -0.4 is 14.8 Å². The SMILES string of the molecule is CC(C)[C@@H](NC(=O)N(C)C[C@@H]1COc2ccccc2O1)c1ccc(F)cc1. The Morgan fingerprint density at radius 1 is 1.19 bits per heavy atom. The van der Waals surface area contributed by atoms with Crippen molar-refractivity contribution in [3.8, 4) is 11.5 Å². The van der Waals surface area contributed by atoms with Crippen LogP contribution in [0.25, 0.3) is 0 Å². The van der Waals surface area contributed by atoms with Crippen molar-refractivity contribution in [2.45, 2.75) is 26.0 Å². The predicted molar refractivity (Wildman–Crippen MR) is 101 cm³/mol. The van der Waals surface area contributed by atoms with Gasteiger partial charge in [0.05, 0.1) is 12.6 Å². The normalized spacial score (nSPS) is 16.7. The van der Waals surface area contributed by atoms with Gasteiger partial charge in [-0.3, -0.25) is 0 Å². The van der Waals surface area contributed by atoms with Crippen molar-refractivity contribution in [2.75, 3.05) is 20.2 Å². The molecule has 0 saturated carbocycles. The number of benzene rings is 2. The average molecular weight is 372 g/mol. The third-order valence-electron chi connectivity index (χ3n) is 4.57. The summed E-state index contributed by atoms with van der Waals surface area (Å²) in [7, 11) is 1.72. The first-order valence-corrected chi connectivity index (χ1v) is 9.09. The summed E-state index contributed by atoms with van der Waals surface area (Å²) in [5.74, 6) is 1.28. The molecule has 2 atom stereocenters. The van der Waals surface area contributed by atoms with Crippen LogP contribution in [-0.2, 0) is 0 Å². The molecule has 0 aromatic heterocycles. The fourth-order valence-electron chi connectivity index (χ4n) is 3.09. The summed E-state index contributed by atoms with van der Waals surface area (Å²) < 4.78 is 24.8. The Morgan fingerprint density at radius 3 is 2.52 bits per heavy atom. The van der Waals surface area contributed by atoms with E-state index in [0.29, 0.717) is 18.9 Å². The number of para-hydroxylation sites is 2. The van der Waals surface area contributed by atoms with Crippen LogP contribution in [0.15, 0.2) is 48.5 Å². The van der Waals surface area contributed by atoms with Crippen molar-refractivity contribution >= 4 is 6.03 Å². The van der Waals surface area contributed by atoms with Gasteiger partial charge in [-0.1, -0.05) is 38.1 Å². The third-order valence-corrected chi connectivity index (χ3v) is 4.57. The van der Waals surface area contributed by atoms with Crippen molar-refractivity contribution in [1.82, 2.24) is 10.2 Å². The highest BCUT2D eigenvalue weighted by Crippen LogP contribution is 2.31. The molecule has 1 N–H and O–H groups in total. The van der Waals surface area contributed by atoms with E-state index in [1.807, 2.05) is 38.1 Å². The van der Waals surface area contributed by atoms with E-state index < -0.39 is 0 Å². The fraction of sp³-hybridized carbons (Fsp3) is 0.381. The van der Waals surface area contributed by atoms with Gasteiger partial charge in [-0.15, -0.1) is 0 Å². The molecule has 0 spiro atoms. The van der Waals surface area contributed by atoms with Gasteiger partial charge >= 0.3 is 6.03 Å². The summed E-state index contributed by atoms with van der Waals surface area (Å²) in [6.45, 7) is 4.82. The van der Waals surface area contributed by atoms with Gasteiger partial charge in [-0.2, -0.15) is 0 Å². The molecular formula is C21H25FN2O3. The van der Waals surface area contributed by atoms with Crippen LogP contribution in [0.4, 0.5) is 9.18 Å². The number of fused-ring (bicyclic) bond motifs is 1. The number of hydrogen-bond donors (Lipinski definition) is 1. The van der Waals surface area contributed by atoms with Gasteiger partial charge in [0.1, 0.15) is 12.4 Å². The lowest BCUT2D eigenvalue weighted by Gasteiger charge is -2.31. The van der Waals surface area contributed by atoms with Crippen LogP contribution in [0.2, 0.25) is 0 Å². The molecule has 1 aliphatic heterocycles. The molecule has 0 radical (unpaired) electrons. The van der Waals surface area contributed by atoms with Crippen LogP contribution in [0.1, 0.15) is 25.5 Å². The van der Waals surface area contributed by atoms with Crippen LogP contribution in [0.5, 0.6) is 11.5 Å². The highest BCUT2D eigenvalue weighted by molar-refractivity contribution is 5.74. The molecule has 0 unspecified atom stereocenters. The van der Waals surface area contributed by atoms with E-state index in [1.54, 1.807) is 24.1 Å². The lowest BCUT2D eigenvalue weighted by molar-refractivity contribution is 0.0710. The zero-order valence-corrected chi connectivity index (χ0v) is 15.8. The number of halogens is 1. The van der Waals surface area contributed by atoms with Crippen LogP contribution in [0.3, 0.4) is 0 Å². The van der Waals surface area contributed by atoms with Crippen LogP contribution in [0, 0.1) is 11.7 Å². The molecule has 0 bridgehead atoms. The third kappa shape index (κ3) is 4.70. The van der Waals surface area contributed by atoms with E-state index in [9.17, 15) is 9.18 Å². The van der Waals surface area contributed by atoms with E-state index in [4.69, 9.17) is 9.47 Å². The molecule has 1 aliphatic rings. The minimum Gasteiger partial charge on any atom is -0.486 e. The molecule has 2 aromatic rings. The molecule has 2 aromatic carbocycles. The minimum absolute atomic E-state index is 0.161. The van der Waals surface area contributed by atoms with Gasteiger partial charge in [0.25, 0.3) is 0 Å². The molecule has 27 heavy (non-hydrogen) atoms. The van der Waals surface area contributed by atoms with E-state index in [-0.39, 0.29) is 29.9 Å². The van der Waals surface area contributed by atoms with E-state index >= 15 is 0 Å². The quantitative estimate of drug-likeness (QED) is 0.863. The van der Waals surface area contributed by atoms with Gasteiger partial charge in [0.2, 0.25) is 0 Å². The number of carbonyl (C=O) groups excluding carboxylic acids is 1. The van der Waals surface area contributed by atoms with Crippen molar-refractivity contribution in [3.05, 3.63) is 59.9 Å². The molecule has 6 heteroatoms.